The van der Waals surface area contributed by atoms with E-state index in [0.29, 0.717) is 26.6 Å². The van der Waals surface area contributed by atoms with E-state index in [-0.39, 0.29) is 5.78 Å². The average Bonchev–Trinajstić information content (AvgIpc) is 3.13. The number of carbonyl (C=O) groups is 1. The van der Waals surface area contributed by atoms with Crippen LogP contribution in [0.5, 0.6) is 0 Å². The van der Waals surface area contributed by atoms with Crippen molar-refractivity contribution in [1.82, 2.24) is 0 Å². The van der Waals surface area contributed by atoms with Gasteiger partial charge in [0.15, 0.2) is 0 Å². The fourth-order valence-corrected chi connectivity index (χ4v) is 4.19. The van der Waals surface area contributed by atoms with Gasteiger partial charge in [0.25, 0.3) is 0 Å². The van der Waals surface area contributed by atoms with Crippen molar-refractivity contribution in [3.05, 3.63) is 107 Å². The van der Waals surface area contributed by atoms with Crippen LogP contribution in [-0.2, 0) is 0 Å². The topological polar surface area (TPSA) is 52.9 Å². The molecule has 0 saturated heterocycles. The molecule has 0 spiro atoms. The normalized spacial score (nSPS) is 10.2. The highest BCUT2D eigenvalue weighted by Crippen LogP contribution is 2.42. The Morgan fingerprint density at radius 2 is 1.39 bits per heavy atom. The summed E-state index contributed by atoms with van der Waals surface area (Å²) in [5.74, 6) is -0.0814. The highest BCUT2D eigenvalue weighted by atomic mass is 32.1. The minimum absolute atomic E-state index is 0.0814. The van der Waals surface area contributed by atoms with E-state index in [1.807, 2.05) is 78.9 Å². The van der Waals surface area contributed by atoms with Gasteiger partial charge in [-0.2, -0.15) is 5.26 Å². The Morgan fingerprint density at radius 3 is 2.00 bits per heavy atom. The average molecular weight is 380 g/mol. The molecule has 0 bridgehead atoms. The van der Waals surface area contributed by atoms with Gasteiger partial charge < -0.3 is 5.32 Å². The fourth-order valence-electron chi connectivity index (χ4n) is 3.04. The number of para-hydroxylation sites is 1. The summed E-state index contributed by atoms with van der Waals surface area (Å²) in [5, 5.41) is 13.9. The smallest absolute Gasteiger partial charge is 0.203 e. The molecule has 0 aliphatic rings. The molecule has 0 amide bonds. The molecule has 4 heteroatoms. The second kappa shape index (κ2) is 7.91. The maximum absolute atomic E-state index is 13.2. The molecule has 3 nitrogen and oxygen atoms in total. The van der Waals surface area contributed by atoms with E-state index in [0.717, 1.165) is 11.3 Å². The predicted octanol–water partition coefficient (Wildman–Crippen LogP) is 6.26. The molecule has 1 aromatic heterocycles. The van der Waals surface area contributed by atoms with Gasteiger partial charge >= 0.3 is 0 Å². The molecule has 0 atom stereocenters. The Kier molecular flexibility index (Phi) is 5.01. The summed E-state index contributed by atoms with van der Waals surface area (Å²) in [6, 6.07) is 30.7. The number of hydrogen-bond acceptors (Lipinski definition) is 4. The molecular formula is C24H16N2OS. The Bertz CT molecular complexity index is 1140. The third-order valence-corrected chi connectivity index (χ3v) is 5.46. The van der Waals surface area contributed by atoms with E-state index >= 15 is 0 Å². The Morgan fingerprint density at radius 1 is 0.821 bits per heavy atom. The van der Waals surface area contributed by atoms with Gasteiger partial charge in [0, 0.05) is 16.8 Å². The van der Waals surface area contributed by atoms with Gasteiger partial charge in [-0.15, -0.1) is 11.3 Å². The fraction of sp³-hybridized carbons (Fsp3) is 0. The maximum Gasteiger partial charge on any atom is 0.203 e. The molecule has 4 rings (SSSR count). The first-order valence-electron chi connectivity index (χ1n) is 8.82. The van der Waals surface area contributed by atoms with Crippen LogP contribution in [0.1, 0.15) is 20.8 Å². The minimum Gasteiger partial charge on any atom is -0.346 e. The lowest BCUT2D eigenvalue weighted by Crippen LogP contribution is -2.00. The predicted molar refractivity (Wildman–Crippen MR) is 114 cm³/mol. The third kappa shape index (κ3) is 3.44. The standard InChI is InChI=1S/C24H16N2OS/c25-16-20-21(17-10-4-1-5-11-17)23(22(27)18-12-6-2-7-13-18)28-24(20)26-19-14-8-3-9-15-19/h1-15,26H. The zero-order valence-corrected chi connectivity index (χ0v) is 15.7. The van der Waals surface area contributed by atoms with Crippen molar-refractivity contribution in [3.63, 3.8) is 0 Å². The summed E-state index contributed by atoms with van der Waals surface area (Å²) >= 11 is 1.32. The van der Waals surface area contributed by atoms with E-state index in [2.05, 4.69) is 11.4 Å². The van der Waals surface area contributed by atoms with E-state index in [4.69, 9.17) is 0 Å². The molecule has 1 heterocycles. The van der Waals surface area contributed by atoms with Crippen molar-refractivity contribution in [2.45, 2.75) is 0 Å². The number of nitriles is 1. The SMILES string of the molecule is N#Cc1c(Nc2ccccc2)sc(C(=O)c2ccccc2)c1-c1ccccc1. The van der Waals surface area contributed by atoms with Crippen LogP contribution in [-0.4, -0.2) is 5.78 Å². The van der Waals surface area contributed by atoms with E-state index < -0.39 is 0 Å². The summed E-state index contributed by atoms with van der Waals surface area (Å²) in [7, 11) is 0. The Labute approximate surface area is 167 Å². The number of ketones is 1. The molecule has 3 aromatic carbocycles. The first kappa shape index (κ1) is 17.7. The third-order valence-electron chi connectivity index (χ3n) is 4.36. The lowest BCUT2D eigenvalue weighted by molar-refractivity contribution is 0.104. The molecule has 1 N–H and O–H groups in total. The summed E-state index contributed by atoms with van der Waals surface area (Å²) in [6.07, 6.45) is 0. The quantitative estimate of drug-likeness (QED) is 0.416. The second-order valence-electron chi connectivity index (χ2n) is 6.17. The van der Waals surface area contributed by atoms with Gasteiger partial charge in [-0.05, 0) is 17.7 Å². The summed E-state index contributed by atoms with van der Waals surface area (Å²) in [6.45, 7) is 0. The van der Waals surface area contributed by atoms with Crippen LogP contribution in [0.4, 0.5) is 10.7 Å². The molecule has 0 aliphatic heterocycles. The Balaban J connectivity index is 1.89. The number of nitrogens with one attached hydrogen (secondary N) is 1. The van der Waals surface area contributed by atoms with Crippen LogP contribution in [0, 0.1) is 11.3 Å². The number of benzene rings is 3. The number of hydrogen-bond donors (Lipinski definition) is 1. The summed E-state index contributed by atoms with van der Waals surface area (Å²) in [5.41, 5.74) is 3.51. The number of nitrogens with zero attached hydrogens (tertiary/aromatic N) is 1. The summed E-state index contributed by atoms with van der Waals surface area (Å²) in [4.78, 5) is 13.8. The number of thiophene rings is 1. The summed E-state index contributed by atoms with van der Waals surface area (Å²) < 4.78 is 0. The maximum atomic E-state index is 13.2. The zero-order valence-electron chi connectivity index (χ0n) is 14.9. The van der Waals surface area contributed by atoms with Gasteiger partial charge in [0.2, 0.25) is 5.78 Å². The second-order valence-corrected chi connectivity index (χ2v) is 7.19. The molecule has 4 aromatic rings. The van der Waals surface area contributed by atoms with Crippen molar-refractivity contribution >= 4 is 27.8 Å². The lowest BCUT2D eigenvalue weighted by Gasteiger charge is -2.05. The number of anilines is 2. The van der Waals surface area contributed by atoms with Gasteiger partial charge in [-0.25, -0.2) is 0 Å². The molecule has 134 valence electrons. The molecule has 0 radical (unpaired) electrons. The van der Waals surface area contributed by atoms with Gasteiger partial charge in [0.1, 0.15) is 11.1 Å². The molecule has 0 aliphatic carbocycles. The minimum atomic E-state index is -0.0814. The first-order valence-corrected chi connectivity index (χ1v) is 9.63. The highest BCUT2D eigenvalue weighted by molar-refractivity contribution is 7.19. The van der Waals surface area contributed by atoms with Crippen molar-refractivity contribution in [1.29, 1.82) is 5.26 Å². The van der Waals surface area contributed by atoms with Crippen LogP contribution in [0.2, 0.25) is 0 Å². The van der Waals surface area contributed by atoms with Gasteiger partial charge in [-0.1, -0.05) is 78.9 Å². The van der Waals surface area contributed by atoms with Crippen LogP contribution >= 0.6 is 11.3 Å². The number of carbonyl (C=O) groups excluding carboxylic acids is 1. The van der Waals surface area contributed by atoms with Crippen LogP contribution in [0.15, 0.2) is 91.0 Å². The van der Waals surface area contributed by atoms with Crippen LogP contribution in [0.25, 0.3) is 11.1 Å². The molecule has 28 heavy (non-hydrogen) atoms. The zero-order chi connectivity index (χ0) is 19.3. The van der Waals surface area contributed by atoms with Gasteiger partial charge in [0.05, 0.1) is 10.4 Å². The van der Waals surface area contributed by atoms with Crippen molar-refractivity contribution < 1.29 is 4.79 Å². The number of rotatable bonds is 5. The monoisotopic (exact) mass is 380 g/mol. The van der Waals surface area contributed by atoms with Gasteiger partial charge in [-0.3, -0.25) is 4.79 Å². The lowest BCUT2D eigenvalue weighted by atomic mass is 9.98. The van der Waals surface area contributed by atoms with Crippen molar-refractivity contribution in [3.8, 4) is 17.2 Å². The highest BCUT2D eigenvalue weighted by Gasteiger charge is 2.25. The van der Waals surface area contributed by atoms with Crippen LogP contribution in [0.3, 0.4) is 0 Å². The molecule has 0 unspecified atom stereocenters. The Hall–Kier alpha value is -3.68. The van der Waals surface area contributed by atoms with E-state index in [1.54, 1.807) is 12.1 Å². The molecule has 0 saturated carbocycles. The van der Waals surface area contributed by atoms with Crippen LogP contribution < -0.4 is 5.32 Å². The molecular weight excluding hydrogens is 364 g/mol. The largest absolute Gasteiger partial charge is 0.346 e. The first-order chi connectivity index (χ1) is 13.8. The molecule has 0 fully saturated rings. The van der Waals surface area contributed by atoms with Crippen molar-refractivity contribution in [2.75, 3.05) is 5.32 Å². The van der Waals surface area contributed by atoms with E-state index in [9.17, 15) is 10.1 Å². The van der Waals surface area contributed by atoms with Crippen molar-refractivity contribution in [2.24, 2.45) is 0 Å². The van der Waals surface area contributed by atoms with E-state index in [1.165, 1.54) is 11.3 Å².